The molecule has 4 heteroatoms. The second kappa shape index (κ2) is 5.31. The molecule has 2 aromatic carbocycles. The van der Waals surface area contributed by atoms with Gasteiger partial charge in [-0.25, -0.2) is 9.82 Å². The summed E-state index contributed by atoms with van der Waals surface area (Å²) in [7, 11) is 0. The van der Waals surface area contributed by atoms with Crippen LogP contribution in [0.25, 0.3) is 11.0 Å². The molecule has 1 heterocycles. The molecule has 0 aliphatic carbocycles. The monoisotopic (exact) mass is 284 g/mol. The number of hydrazine groups is 1. The Hall–Kier alpha value is -2.17. The van der Waals surface area contributed by atoms with Crippen LogP contribution in [0.2, 0.25) is 0 Å². The number of nitrogens with one attached hydrogen (secondary N) is 1. The Morgan fingerprint density at radius 2 is 1.95 bits per heavy atom. The van der Waals surface area contributed by atoms with E-state index < -0.39 is 0 Å². The average Bonchev–Trinajstić information content (AvgIpc) is 2.83. The van der Waals surface area contributed by atoms with E-state index in [1.807, 2.05) is 44.2 Å². The molecule has 3 aromatic rings. The number of nitrogens with two attached hydrogens (primary N) is 1. The van der Waals surface area contributed by atoms with Crippen LogP contribution in [-0.2, 0) is 0 Å². The fourth-order valence-electron chi connectivity index (χ4n) is 2.64. The summed E-state index contributed by atoms with van der Waals surface area (Å²) < 4.78 is 19.5. The van der Waals surface area contributed by atoms with Crippen LogP contribution in [0.4, 0.5) is 4.39 Å². The number of halogens is 1. The quantitative estimate of drug-likeness (QED) is 0.569. The van der Waals surface area contributed by atoms with E-state index in [1.165, 1.54) is 12.1 Å². The lowest BCUT2D eigenvalue weighted by molar-refractivity contribution is 0.474. The van der Waals surface area contributed by atoms with Crippen molar-refractivity contribution in [3.8, 4) is 0 Å². The summed E-state index contributed by atoms with van der Waals surface area (Å²) in [5, 5.41) is 1.01. The second-order valence-electron chi connectivity index (χ2n) is 5.30. The Kier molecular flexibility index (Phi) is 3.49. The molecule has 1 aromatic heterocycles. The van der Waals surface area contributed by atoms with E-state index >= 15 is 0 Å². The van der Waals surface area contributed by atoms with Crippen molar-refractivity contribution < 1.29 is 8.81 Å². The maximum absolute atomic E-state index is 13.6. The molecule has 0 bridgehead atoms. The summed E-state index contributed by atoms with van der Waals surface area (Å²) in [6, 6.07) is 12.4. The van der Waals surface area contributed by atoms with Gasteiger partial charge in [0, 0.05) is 5.39 Å². The molecular formula is C17H17FN2O. The van der Waals surface area contributed by atoms with Gasteiger partial charge in [0.15, 0.2) is 0 Å². The summed E-state index contributed by atoms with van der Waals surface area (Å²) in [4.78, 5) is 0. The summed E-state index contributed by atoms with van der Waals surface area (Å²) in [6.45, 7) is 3.84. The van der Waals surface area contributed by atoms with Gasteiger partial charge in [0.25, 0.3) is 0 Å². The summed E-state index contributed by atoms with van der Waals surface area (Å²) >= 11 is 0. The van der Waals surface area contributed by atoms with Crippen LogP contribution < -0.4 is 11.3 Å². The molecule has 3 rings (SSSR count). The third-order valence-corrected chi connectivity index (χ3v) is 3.61. The van der Waals surface area contributed by atoms with Crippen molar-refractivity contribution in [1.82, 2.24) is 5.43 Å². The van der Waals surface area contributed by atoms with Crippen LogP contribution >= 0.6 is 0 Å². The molecule has 0 aliphatic heterocycles. The van der Waals surface area contributed by atoms with Gasteiger partial charge in [0.2, 0.25) is 0 Å². The smallest absolute Gasteiger partial charge is 0.137 e. The van der Waals surface area contributed by atoms with Crippen molar-refractivity contribution in [1.29, 1.82) is 0 Å². The highest BCUT2D eigenvalue weighted by molar-refractivity contribution is 5.81. The maximum atomic E-state index is 13.6. The number of benzene rings is 2. The lowest BCUT2D eigenvalue weighted by Gasteiger charge is -2.14. The van der Waals surface area contributed by atoms with Crippen LogP contribution in [0.15, 0.2) is 46.9 Å². The predicted molar refractivity (Wildman–Crippen MR) is 81.3 cm³/mol. The Morgan fingerprint density at radius 3 is 2.62 bits per heavy atom. The first-order chi connectivity index (χ1) is 10.1. The van der Waals surface area contributed by atoms with Crippen molar-refractivity contribution in [3.63, 3.8) is 0 Å². The van der Waals surface area contributed by atoms with Gasteiger partial charge in [0.05, 0.1) is 0 Å². The minimum absolute atomic E-state index is 0.280. The Morgan fingerprint density at radius 1 is 1.14 bits per heavy atom. The number of hydrogen-bond donors (Lipinski definition) is 2. The minimum Gasteiger partial charge on any atom is -0.459 e. The van der Waals surface area contributed by atoms with Gasteiger partial charge in [-0.15, -0.1) is 0 Å². The fourth-order valence-corrected chi connectivity index (χ4v) is 2.64. The van der Waals surface area contributed by atoms with E-state index in [2.05, 4.69) is 5.43 Å². The number of rotatable bonds is 3. The first-order valence-electron chi connectivity index (χ1n) is 6.81. The SMILES string of the molecule is Cc1cc(F)cc(C(NN)c2cc3cccc(C)c3o2)c1. The minimum atomic E-state index is -0.383. The molecule has 1 atom stereocenters. The molecule has 0 saturated heterocycles. The lowest BCUT2D eigenvalue weighted by atomic mass is 10.0. The molecule has 3 N–H and O–H groups in total. The highest BCUT2D eigenvalue weighted by Crippen LogP contribution is 2.30. The third-order valence-electron chi connectivity index (χ3n) is 3.61. The van der Waals surface area contributed by atoms with Crippen molar-refractivity contribution in [2.75, 3.05) is 0 Å². The molecule has 21 heavy (non-hydrogen) atoms. The van der Waals surface area contributed by atoms with E-state index in [1.54, 1.807) is 0 Å². The van der Waals surface area contributed by atoms with E-state index in [0.717, 1.165) is 27.7 Å². The predicted octanol–water partition coefficient (Wildman–Crippen LogP) is 3.74. The van der Waals surface area contributed by atoms with Crippen molar-refractivity contribution in [3.05, 3.63) is 70.7 Å². The largest absolute Gasteiger partial charge is 0.459 e. The number of para-hydroxylation sites is 1. The first-order valence-corrected chi connectivity index (χ1v) is 6.81. The Bertz CT molecular complexity index is 774. The molecule has 0 saturated carbocycles. The third kappa shape index (κ3) is 2.55. The van der Waals surface area contributed by atoms with Gasteiger partial charge < -0.3 is 4.42 Å². The Labute approximate surface area is 122 Å². The highest BCUT2D eigenvalue weighted by atomic mass is 19.1. The van der Waals surface area contributed by atoms with Gasteiger partial charge in [0.1, 0.15) is 23.2 Å². The van der Waals surface area contributed by atoms with Crippen LogP contribution in [0.3, 0.4) is 0 Å². The van der Waals surface area contributed by atoms with Crippen molar-refractivity contribution in [2.24, 2.45) is 5.84 Å². The molecule has 0 amide bonds. The zero-order valence-corrected chi connectivity index (χ0v) is 12.0. The molecule has 0 fully saturated rings. The highest BCUT2D eigenvalue weighted by Gasteiger charge is 2.18. The molecule has 3 nitrogen and oxygen atoms in total. The zero-order chi connectivity index (χ0) is 15.0. The van der Waals surface area contributed by atoms with Crippen molar-refractivity contribution in [2.45, 2.75) is 19.9 Å². The van der Waals surface area contributed by atoms with Crippen LogP contribution in [0.5, 0.6) is 0 Å². The number of fused-ring (bicyclic) bond motifs is 1. The first kappa shape index (κ1) is 13.8. The second-order valence-corrected chi connectivity index (χ2v) is 5.30. The van der Waals surface area contributed by atoms with E-state index in [4.69, 9.17) is 10.3 Å². The molecule has 0 radical (unpaired) electrons. The van der Waals surface area contributed by atoms with Gasteiger partial charge in [-0.1, -0.05) is 24.3 Å². The summed E-state index contributed by atoms with van der Waals surface area (Å²) in [5.41, 5.74) is 6.19. The van der Waals surface area contributed by atoms with Gasteiger partial charge in [-0.2, -0.15) is 0 Å². The lowest BCUT2D eigenvalue weighted by Crippen LogP contribution is -2.28. The maximum Gasteiger partial charge on any atom is 0.137 e. The van der Waals surface area contributed by atoms with Crippen LogP contribution in [0, 0.1) is 19.7 Å². The molecular weight excluding hydrogens is 267 g/mol. The van der Waals surface area contributed by atoms with Gasteiger partial charge in [-0.3, -0.25) is 5.84 Å². The van der Waals surface area contributed by atoms with Gasteiger partial charge in [-0.05, 0) is 48.7 Å². The zero-order valence-electron chi connectivity index (χ0n) is 12.0. The molecule has 1 unspecified atom stereocenters. The van der Waals surface area contributed by atoms with Gasteiger partial charge >= 0.3 is 0 Å². The average molecular weight is 284 g/mol. The van der Waals surface area contributed by atoms with E-state index in [0.29, 0.717) is 5.76 Å². The van der Waals surface area contributed by atoms with Crippen molar-refractivity contribution >= 4 is 11.0 Å². The summed E-state index contributed by atoms with van der Waals surface area (Å²) in [6.07, 6.45) is 0. The van der Waals surface area contributed by atoms with Crippen LogP contribution in [0.1, 0.15) is 28.5 Å². The number of aryl methyl sites for hydroxylation is 2. The standard InChI is InChI=1S/C17H17FN2O/c1-10-6-13(8-14(18)7-10)16(20-19)15-9-12-5-3-4-11(2)17(12)21-15/h3-9,16,20H,19H2,1-2H3. The number of furan rings is 1. The van der Waals surface area contributed by atoms with Crippen LogP contribution in [-0.4, -0.2) is 0 Å². The van der Waals surface area contributed by atoms with E-state index in [-0.39, 0.29) is 11.9 Å². The topological polar surface area (TPSA) is 51.2 Å². The van der Waals surface area contributed by atoms with E-state index in [9.17, 15) is 4.39 Å². The fraction of sp³-hybridized carbons (Fsp3) is 0.176. The number of hydrogen-bond acceptors (Lipinski definition) is 3. The Balaban J connectivity index is 2.11. The molecule has 108 valence electrons. The molecule has 0 aliphatic rings. The summed E-state index contributed by atoms with van der Waals surface area (Å²) in [5.74, 6) is 6.06. The molecule has 0 spiro atoms. The normalized spacial score (nSPS) is 12.8.